The number of benzene rings is 1. The van der Waals surface area contributed by atoms with Crippen LogP contribution in [0.4, 0.5) is 5.69 Å². The first-order chi connectivity index (χ1) is 11.1. The van der Waals surface area contributed by atoms with Gasteiger partial charge in [0.25, 0.3) is 0 Å². The summed E-state index contributed by atoms with van der Waals surface area (Å²) in [5, 5.41) is 12.0. The van der Waals surface area contributed by atoms with Crippen LogP contribution >= 0.6 is 0 Å². The Morgan fingerprint density at radius 2 is 2.22 bits per heavy atom. The zero-order chi connectivity index (χ0) is 16.4. The molecule has 1 heterocycles. The lowest BCUT2D eigenvalue weighted by atomic mass is 10.2. The zero-order valence-corrected chi connectivity index (χ0v) is 13.0. The minimum absolute atomic E-state index is 0.0748. The molecule has 0 spiro atoms. The van der Waals surface area contributed by atoms with Crippen molar-refractivity contribution in [2.45, 2.75) is 20.3 Å². The van der Waals surface area contributed by atoms with Crippen LogP contribution in [0.2, 0.25) is 0 Å². The third kappa shape index (κ3) is 3.32. The molecular weight excluding hydrogens is 290 g/mol. The Bertz CT molecular complexity index is 795. The van der Waals surface area contributed by atoms with E-state index in [1.165, 1.54) is 0 Å². The Balaban J connectivity index is 1.74. The van der Waals surface area contributed by atoms with Crippen LogP contribution in [0.25, 0.3) is 0 Å². The molecule has 1 aromatic carbocycles. The molecule has 116 valence electrons. The van der Waals surface area contributed by atoms with Crippen molar-refractivity contribution >= 4 is 11.6 Å². The minimum atomic E-state index is 0.0748. The molecule has 1 aliphatic rings. The highest BCUT2D eigenvalue weighted by molar-refractivity contribution is 5.95. The van der Waals surface area contributed by atoms with Crippen LogP contribution in [0.1, 0.15) is 24.5 Å². The van der Waals surface area contributed by atoms with Gasteiger partial charge in [0.05, 0.1) is 0 Å². The Morgan fingerprint density at radius 1 is 1.43 bits per heavy atom. The van der Waals surface area contributed by atoms with Crippen molar-refractivity contribution in [2.75, 3.05) is 5.32 Å². The number of aromatic nitrogens is 1. The number of hydrogen-bond acceptors (Lipinski definition) is 4. The normalized spacial score (nSPS) is 18.8. The third-order valence-corrected chi connectivity index (χ3v) is 4.01. The number of nitrogens with zero attached hydrogens (tertiary/aromatic N) is 2. The predicted molar refractivity (Wildman–Crippen MR) is 86.1 cm³/mol. The van der Waals surface area contributed by atoms with E-state index in [0.717, 1.165) is 17.7 Å². The van der Waals surface area contributed by atoms with E-state index in [2.05, 4.69) is 17.2 Å². The van der Waals surface area contributed by atoms with Crippen molar-refractivity contribution in [3.8, 4) is 17.7 Å². The van der Waals surface area contributed by atoms with Crippen LogP contribution in [-0.2, 0) is 4.79 Å². The number of ether oxygens (including phenoxy) is 1. The number of carbonyl (C=O) groups is 1. The molecule has 1 saturated carbocycles. The molecule has 0 aliphatic heterocycles. The maximum Gasteiger partial charge on any atom is 0.237 e. The first kappa shape index (κ1) is 15.0. The quantitative estimate of drug-likeness (QED) is 0.935. The lowest BCUT2D eigenvalue weighted by molar-refractivity contribution is -0.117. The van der Waals surface area contributed by atoms with E-state index < -0.39 is 0 Å². The standard InChI is InChI=1S/C18H17N3O2/c1-11-9-15(11)17(22)21-16-6-5-14(8-12(16)2)23-18-13(10-19)4-3-7-20-18/h3-8,11,15H,9H2,1-2H3,(H,21,22)/t11-,15+/m1/s1. The highest BCUT2D eigenvalue weighted by atomic mass is 16.5. The summed E-state index contributed by atoms with van der Waals surface area (Å²) in [6.07, 6.45) is 2.54. The minimum Gasteiger partial charge on any atom is -0.438 e. The Morgan fingerprint density at radius 3 is 2.87 bits per heavy atom. The van der Waals surface area contributed by atoms with E-state index >= 15 is 0 Å². The van der Waals surface area contributed by atoms with Crippen molar-refractivity contribution in [1.82, 2.24) is 4.98 Å². The van der Waals surface area contributed by atoms with Gasteiger partial charge in [0.2, 0.25) is 11.8 Å². The van der Waals surface area contributed by atoms with Gasteiger partial charge in [-0.15, -0.1) is 0 Å². The lowest BCUT2D eigenvalue weighted by Gasteiger charge is -2.11. The van der Waals surface area contributed by atoms with Gasteiger partial charge in [-0.3, -0.25) is 4.79 Å². The number of carbonyl (C=O) groups excluding carboxylic acids is 1. The van der Waals surface area contributed by atoms with Crippen LogP contribution in [0, 0.1) is 30.1 Å². The Kier molecular flexibility index (Phi) is 3.98. The van der Waals surface area contributed by atoms with Crippen LogP contribution in [0.3, 0.4) is 0 Å². The summed E-state index contributed by atoms with van der Waals surface area (Å²) in [5.74, 6) is 1.54. The number of hydrogen-bond donors (Lipinski definition) is 1. The van der Waals surface area contributed by atoms with E-state index in [1.807, 2.05) is 25.1 Å². The second-order valence-corrected chi connectivity index (χ2v) is 5.86. The summed E-state index contributed by atoms with van der Waals surface area (Å²) in [7, 11) is 0. The highest BCUT2D eigenvalue weighted by Crippen LogP contribution is 2.38. The van der Waals surface area contributed by atoms with Crippen molar-refractivity contribution in [3.63, 3.8) is 0 Å². The van der Waals surface area contributed by atoms with Gasteiger partial charge < -0.3 is 10.1 Å². The monoisotopic (exact) mass is 307 g/mol. The summed E-state index contributed by atoms with van der Waals surface area (Å²) in [6.45, 7) is 3.98. The average Bonchev–Trinajstić information content (AvgIpc) is 3.27. The third-order valence-electron chi connectivity index (χ3n) is 4.01. The molecule has 1 amide bonds. The number of pyridine rings is 1. The van der Waals surface area contributed by atoms with Crippen molar-refractivity contribution in [2.24, 2.45) is 11.8 Å². The van der Waals surface area contributed by atoms with Gasteiger partial charge in [0, 0.05) is 17.8 Å². The second-order valence-electron chi connectivity index (χ2n) is 5.86. The topological polar surface area (TPSA) is 75.0 Å². The molecule has 2 aromatic rings. The van der Waals surface area contributed by atoms with Gasteiger partial charge in [0.1, 0.15) is 17.4 Å². The summed E-state index contributed by atoms with van der Waals surface area (Å²) in [5.41, 5.74) is 2.06. The molecule has 5 heteroatoms. The van der Waals surface area contributed by atoms with Gasteiger partial charge >= 0.3 is 0 Å². The van der Waals surface area contributed by atoms with E-state index in [9.17, 15) is 4.79 Å². The van der Waals surface area contributed by atoms with Gasteiger partial charge in [0.15, 0.2) is 0 Å². The maximum atomic E-state index is 12.0. The number of amides is 1. The van der Waals surface area contributed by atoms with Gasteiger partial charge in [-0.1, -0.05) is 6.92 Å². The molecule has 0 bridgehead atoms. The van der Waals surface area contributed by atoms with Gasteiger partial charge in [-0.05, 0) is 55.2 Å². The molecule has 5 nitrogen and oxygen atoms in total. The van der Waals surface area contributed by atoms with Crippen molar-refractivity contribution < 1.29 is 9.53 Å². The molecule has 1 aliphatic carbocycles. The summed E-state index contributed by atoms with van der Waals surface area (Å²) >= 11 is 0. The van der Waals surface area contributed by atoms with Crippen LogP contribution < -0.4 is 10.1 Å². The number of rotatable bonds is 4. The average molecular weight is 307 g/mol. The predicted octanol–water partition coefficient (Wildman–Crippen LogP) is 3.65. The molecule has 1 aromatic heterocycles. The molecule has 1 fully saturated rings. The molecule has 3 rings (SSSR count). The van der Waals surface area contributed by atoms with Crippen molar-refractivity contribution in [3.05, 3.63) is 47.7 Å². The second kappa shape index (κ2) is 6.09. The van der Waals surface area contributed by atoms with Crippen LogP contribution in [0.5, 0.6) is 11.6 Å². The highest BCUT2D eigenvalue weighted by Gasteiger charge is 2.39. The largest absolute Gasteiger partial charge is 0.438 e. The van der Waals surface area contributed by atoms with Crippen LogP contribution in [-0.4, -0.2) is 10.9 Å². The van der Waals surface area contributed by atoms with Gasteiger partial charge in [-0.2, -0.15) is 5.26 Å². The SMILES string of the molecule is Cc1cc(Oc2ncccc2C#N)ccc1NC(=O)[C@H]1C[C@H]1C. The first-order valence-corrected chi connectivity index (χ1v) is 7.53. The van der Waals surface area contributed by atoms with E-state index in [-0.39, 0.29) is 17.7 Å². The molecular formula is C18H17N3O2. The molecule has 1 N–H and O–H groups in total. The fourth-order valence-corrected chi connectivity index (χ4v) is 2.42. The Labute approximate surface area is 134 Å². The molecule has 0 saturated heterocycles. The summed E-state index contributed by atoms with van der Waals surface area (Å²) < 4.78 is 5.67. The first-order valence-electron chi connectivity index (χ1n) is 7.53. The number of nitriles is 1. The lowest BCUT2D eigenvalue weighted by Crippen LogP contribution is -2.15. The van der Waals surface area contributed by atoms with E-state index in [0.29, 0.717) is 17.2 Å². The number of nitrogens with one attached hydrogen (secondary N) is 1. The van der Waals surface area contributed by atoms with E-state index in [1.54, 1.807) is 24.4 Å². The van der Waals surface area contributed by atoms with Crippen molar-refractivity contribution in [1.29, 1.82) is 5.26 Å². The molecule has 2 atom stereocenters. The molecule has 0 radical (unpaired) electrons. The number of anilines is 1. The molecule has 0 unspecified atom stereocenters. The summed E-state index contributed by atoms with van der Waals surface area (Å²) in [4.78, 5) is 16.1. The fraction of sp³-hybridized carbons (Fsp3) is 0.278. The van der Waals surface area contributed by atoms with Gasteiger partial charge in [-0.25, -0.2) is 4.98 Å². The smallest absolute Gasteiger partial charge is 0.237 e. The summed E-state index contributed by atoms with van der Waals surface area (Å²) in [6, 6.07) is 10.8. The van der Waals surface area contributed by atoms with E-state index in [4.69, 9.17) is 10.00 Å². The number of aryl methyl sites for hydroxylation is 1. The molecule has 23 heavy (non-hydrogen) atoms. The van der Waals surface area contributed by atoms with Crippen LogP contribution in [0.15, 0.2) is 36.5 Å². The zero-order valence-electron chi connectivity index (χ0n) is 13.0. The Hall–Kier alpha value is -2.87. The fourth-order valence-electron chi connectivity index (χ4n) is 2.42. The maximum absolute atomic E-state index is 12.0.